The number of aryl methyl sites for hydroxylation is 1. The van der Waals surface area contributed by atoms with Gasteiger partial charge in [-0.25, -0.2) is 0 Å². The van der Waals surface area contributed by atoms with Gasteiger partial charge in [0.05, 0.1) is 6.54 Å². The predicted molar refractivity (Wildman–Crippen MR) is 50.0 cm³/mol. The van der Waals surface area contributed by atoms with Crippen LogP contribution < -0.4 is 5.32 Å². The fourth-order valence-electron chi connectivity index (χ4n) is 1.77. The second-order valence-corrected chi connectivity index (χ2v) is 4.01. The Balaban J connectivity index is 1.77. The van der Waals surface area contributed by atoms with Crippen molar-refractivity contribution < 1.29 is 0 Å². The number of hydrogen-bond donors (Lipinski definition) is 1. The van der Waals surface area contributed by atoms with E-state index in [9.17, 15) is 0 Å². The molecule has 0 spiro atoms. The molecule has 1 heterocycles. The Morgan fingerprint density at radius 2 is 2.38 bits per heavy atom. The Bertz CT molecular complexity index is 275. The van der Waals surface area contributed by atoms with Crippen molar-refractivity contribution >= 4 is 0 Å². The van der Waals surface area contributed by atoms with Gasteiger partial charge in [-0.05, 0) is 18.8 Å². The highest BCUT2D eigenvalue weighted by Crippen LogP contribution is 2.26. The lowest BCUT2D eigenvalue weighted by Crippen LogP contribution is -2.40. The molecular weight excluding hydrogens is 164 g/mol. The van der Waals surface area contributed by atoms with Crippen LogP contribution in [-0.4, -0.2) is 20.8 Å². The molecule has 1 fully saturated rings. The van der Waals surface area contributed by atoms with E-state index >= 15 is 0 Å². The van der Waals surface area contributed by atoms with E-state index in [2.05, 4.69) is 22.4 Å². The van der Waals surface area contributed by atoms with E-state index in [1.165, 1.54) is 12.8 Å². The third kappa shape index (κ3) is 1.88. The zero-order valence-electron chi connectivity index (χ0n) is 8.20. The Kier molecular flexibility index (Phi) is 2.31. The van der Waals surface area contributed by atoms with Crippen molar-refractivity contribution in [1.82, 2.24) is 20.1 Å². The number of nitrogens with one attached hydrogen (secondary N) is 1. The van der Waals surface area contributed by atoms with Gasteiger partial charge in [-0.3, -0.25) is 0 Å². The summed E-state index contributed by atoms with van der Waals surface area (Å²) in [6, 6.07) is 0.701. The lowest BCUT2D eigenvalue weighted by Gasteiger charge is -2.33. The van der Waals surface area contributed by atoms with Gasteiger partial charge in [0.1, 0.15) is 12.2 Å². The van der Waals surface area contributed by atoms with Crippen molar-refractivity contribution in [2.24, 2.45) is 13.0 Å². The minimum absolute atomic E-state index is 0.701. The fraction of sp³-hybridized carbons (Fsp3) is 0.778. The van der Waals surface area contributed by atoms with Crippen molar-refractivity contribution in [2.45, 2.75) is 32.4 Å². The maximum absolute atomic E-state index is 4.02. The molecule has 4 nitrogen and oxygen atoms in total. The SMILES string of the molecule is CC1CC(NCc2nncn2C)C1. The first kappa shape index (κ1) is 8.69. The van der Waals surface area contributed by atoms with Crippen LogP contribution in [0.1, 0.15) is 25.6 Å². The van der Waals surface area contributed by atoms with Gasteiger partial charge < -0.3 is 9.88 Å². The highest BCUT2D eigenvalue weighted by atomic mass is 15.3. The summed E-state index contributed by atoms with van der Waals surface area (Å²) in [5.41, 5.74) is 0. The zero-order valence-corrected chi connectivity index (χ0v) is 8.20. The molecule has 13 heavy (non-hydrogen) atoms. The first-order valence-corrected chi connectivity index (χ1v) is 4.82. The average molecular weight is 180 g/mol. The molecule has 2 rings (SSSR count). The summed E-state index contributed by atoms with van der Waals surface area (Å²) in [7, 11) is 1.97. The maximum Gasteiger partial charge on any atom is 0.146 e. The molecule has 1 aliphatic carbocycles. The third-order valence-electron chi connectivity index (χ3n) is 2.73. The van der Waals surface area contributed by atoms with Gasteiger partial charge in [-0.15, -0.1) is 10.2 Å². The molecule has 0 aliphatic heterocycles. The second kappa shape index (κ2) is 3.46. The van der Waals surface area contributed by atoms with Crippen LogP contribution >= 0.6 is 0 Å². The Morgan fingerprint density at radius 3 is 2.92 bits per heavy atom. The first-order valence-electron chi connectivity index (χ1n) is 4.82. The van der Waals surface area contributed by atoms with Gasteiger partial charge in [0.2, 0.25) is 0 Å². The van der Waals surface area contributed by atoms with E-state index in [0.717, 1.165) is 18.3 Å². The van der Waals surface area contributed by atoms with Crippen LogP contribution in [0.15, 0.2) is 6.33 Å². The smallest absolute Gasteiger partial charge is 0.146 e. The van der Waals surface area contributed by atoms with E-state index in [1.807, 2.05) is 11.6 Å². The van der Waals surface area contributed by atoms with Gasteiger partial charge in [0, 0.05) is 13.1 Å². The van der Waals surface area contributed by atoms with Crippen molar-refractivity contribution in [3.05, 3.63) is 12.2 Å². The molecule has 0 bridgehead atoms. The van der Waals surface area contributed by atoms with Gasteiger partial charge in [-0.1, -0.05) is 6.92 Å². The highest BCUT2D eigenvalue weighted by Gasteiger charge is 2.24. The Morgan fingerprint density at radius 1 is 1.62 bits per heavy atom. The summed E-state index contributed by atoms with van der Waals surface area (Å²) in [6.07, 6.45) is 4.34. The van der Waals surface area contributed by atoms with Crippen molar-refractivity contribution in [2.75, 3.05) is 0 Å². The molecule has 0 atom stereocenters. The molecule has 1 N–H and O–H groups in total. The minimum Gasteiger partial charge on any atom is -0.320 e. The highest BCUT2D eigenvalue weighted by molar-refractivity contribution is 4.88. The predicted octanol–water partition coefficient (Wildman–Crippen LogP) is 0.703. The molecule has 1 aliphatic rings. The largest absolute Gasteiger partial charge is 0.320 e. The molecular formula is C9H16N4. The normalized spacial score (nSPS) is 27.2. The first-order chi connectivity index (χ1) is 6.25. The van der Waals surface area contributed by atoms with Crippen LogP contribution in [0.25, 0.3) is 0 Å². The topological polar surface area (TPSA) is 42.7 Å². The number of rotatable bonds is 3. The Labute approximate surface area is 78.4 Å². The molecule has 1 aromatic rings. The van der Waals surface area contributed by atoms with Crippen LogP contribution in [-0.2, 0) is 13.6 Å². The van der Waals surface area contributed by atoms with Gasteiger partial charge in [0.25, 0.3) is 0 Å². The summed E-state index contributed by atoms with van der Waals surface area (Å²) in [4.78, 5) is 0. The van der Waals surface area contributed by atoms with E-state index < -0.39 is 0 Å². The lowest BCUT2D eigenvalue weighted by molar-refractivity contribution is 0.238. The molecule has 0 unspecified atom stereocenters. The van der Waals surface area contributed by atoms with Crippen LogP contribution in [0.3, 0.4) is 0 Å². The van der Waals surface area contributed by atoms with Gasteiger partial charge in [-0.2, -0.15) is 0 Å². The minimum atomic E-state index is 0.701. The number of aromatic nitrogens is 3. The average Bonchev–Trinajstić information content (AvgIpc) is 2.43. The molecule has 0 radical (unpaired) electrons. The van der Waals surface area contributed by atoms with Gasteiger partial charge in [0.15, 0.2) is 0 Å². The van der Waals surface area contributed by atoms with Crippen molar-refractivity contribution in [3.63, 3.8) is 0 Å². The van der Waals surface area contributed by atoms with E-state index in [-0.39, 0.29) is 0 Å². The van der Waals surface area contributed by atoms with Crippen LogP contribution in [0, 0.1) is 5.92 Å². The van der Waals surface area contributed by atoms with Crippen LogP contribution in [0.2, 0.25) is 0 Å². The second-order valence-electron chi connectivity index (χ2n) is 4.01. The molecule has 0 aromatic carbocycles. The molecule has 72 valence electrons. The molecule has 0 amide bonds. The standard InChI is InChI=1S/C9H16N4/c1-7-3-8(4-7)10-5-9-12-11-6-13(9)2/h6-8,10H,3-5H2,1-2H3. The zero-order chi connectivity index (χ0) is 9.26. The molecule has 4 heteroatoms. The molecule has 1 saturated carbocycles. The van der Waals surface area contributed by atoms with Gasteiger partial charge >= 0.3 is 0 Å². The third-order valence-corrected chi connectivity index (χ3v) is 2.73. The fourth-order valence-corrected chi connectivity index (χ4v) is 1.77. The number of nitrogens with zero attached hydrogens (tertiary/aromatic N) is 3. The number of hydrogen-bond acceptors (Lipinski definition) is 3. The summed E-state index contributed by atoms with van der Waals surface area (Å²) >= 11 is 0. The quantitative estimate of drug-likeness (QED) is 0.744. The molecule has 1 aromatic heterocycles. The maximum atomic E-state index is 4.02. The summed E-state index contributed by atoms with van der Waals surface area (Å²) in [5.74, 6) is 1.91. The van der Waals surface area contributed by atoms with Crippen LogP contribution in [0.4, 0.5) is 0 Å². The van der Waals surface area contributed by atoms with Crippen molar-refractivity contribution in [1.29, 1.82) is 0 Å². The monoisotopic (exact) mass is 180 g/mol. The van der Waals surface area contributed by atoms with Crippen LogP contribution in [0.5, 0.6) is 0 Å². The van der Waals surface area contributed by atoms with E-state index in [4.69, 9.17) is 0 Å². The summed E-state index contributed by atoms with van der Waals surface area (Å²) in [5, 5.41) is 11.3. The summed E-state index contributed by atoms with van der Waals surface area (Å²) < 4.78 is 1.95. The molecule has 0 saturated heterocycles. The summed E-state index contributed by atoms with van der Waals surface area (Å²) in [6.45, 7) is 3.13. The van der Waals surface area contributed by atoms with E-state index in [1.54, 1.807) is 6.33 Å². The lowest BCUT2D eigenvalue weighted by atomic mass is 9.82. The Hall–Kier alpha value is -0.900. The van der Waals surface area contributed by atoms with Crippen molar-refractivity contribution in [3.8, 4) is 0 Å². The van der Waals surface area contributed by atoms with E-state index in [0.29, 0.717) is 6.04 Å².